The van der Waals surface area contributed by atoms with Gasteiger partial charge in [-0.3, -0.25) is 0 Å². The standard InChI is InChI=1S/C13H18BrNO/c14-12-5-4-11(8-13(12)15)9-16-7-6-10-2-1-3-10/h4-5,8,10H,1-3,6-7,9,15H2. The second-order valence-electron chi connectivity index (χ2n) is 4.49. The molecular formula is C13H18BrNO. The predicted octanol–water partition coefficient (Wildman–Crippen LogP) is 3.74. The fourth-order valence-corrected chi connectivity index (χ4v) is 2.15. The molecule has 2 rings (SSSR count). The molecule has 0 atom stereocenters. The molecule has 1 fully saturated rings. The fraction of sp³-hybridized carbons (Fsp3) is 0.538. The number of hydrogen-bond donors (Lipinski definition) is 1. The van der Waals surface area contributed by atoms with Crippen molar-refractivity contribution >= 4 is 21.6 Å². The Balaban J connectivity index is 1.69. The van der Waals surface area contributed by atoms with Crippen LogP contribution in [-0.2, 0) is 11.3 Å². The summed E-state index contributed by atoms with van der Waals surface area (Å²) in [5.41, 5.74) is 7.73. The summed E-state index contributed by atoms with van der Waals surface area (Å²) in [6.07, 6.45) is 5.42. The van der Waals surface area contributed by atoms with Crippen LogP contribution in [0.25, 0.3) is 0 Å². The van der Waals surface area contributed by atoms with Gasteiger partial charge in [0.25, 0.3) is 0 Å². The lowest BCUT2D eigenvalue weighted by Crippen LogP contribution is -2.13. The summed E-state index contributed by atoms with van der Waals surface area (Å²) in [6.45, 7) is 1.55. The normalized spacial score (nSPS) is 16.1. The van der Waals surface area contributed by atoms with Crippen LogP contribution < -0.4 is 5.73 Å². The highest BCUT2D eigenvalue weighted by Crippen LogP contribution is 2.29. The number of hydrogen-bond acceptors (Lipinski definition) is 2. The molecule has 2 nitrogen and oxygen atoms in total. The Bertz CT molecular complexity index is 350. The van der Waals surface area contributed by atoms with E-state index in [1.165, 1.54) is 25.7 Å². The van der Waals surface area contributed by atoms with E-state index >= 15 is 0 Å². The summed E-state index contributed by atoms with van der Waals surface area (Å²) in [5, 5.41) is 0. The monoisotopic (exact) mass is 283 g/mol. The zero-order chi connectivity index (χ0) is 11.4. The molecule has 3 heteroatoms. The Kier molecular flexibility index (Phi) is 4.24. The fourth-order valence-electron chi connectivity index (χ4n) is 1.90. The number of benzene rings is 1. The van der Waals surface area contributed by atoms with Crippen LogP contribution >= 0.6 is 15.9 Å². The molecule has 1 aromatic carbocycles. The lowest BCUT2D eigenvalue weighted by molar-refractivity contribution is 0.0950. The quantitative estimate of drug-likeness (QED) is 0.660. The Morgan fingerprint density at radius 3 is 2.81 bits per heavy atom. The van der Waals surface area contributed by atoms with Gasteiger partial charge in [-0.1, -0.05) is 25.3 Å². The first-order valence-electron chi connectivity index (χ1n) is 5.87. The minimum absolute atomic E-state index is 0.671. The number of rotatable bonds is 5. The van der Waals surface area contributed by atoms with Crippen molar-refractivity contribution in [1.29, 1.82) is 0 Å². The number of halogens is 1. The zero-order valence-corrected chi connectivity index (χ0v) is 11.0. The van der Waals surface area contributed by atoms with E-state index in [4.69, 9.17) is 10.5 Å². The van der Waals surface area contributed by atoms with Crippen LogP contribution in [0.5, 0.6) is 0 Å². The lowest BCUT2D eigenvalue weighted by atomic mass is 9.83. The zero-order valence-electron chi connectivity index (χ0n) is 9.42. The second kappa shape index (κ2) is 5.69. The first kappa shape index (κ1) is 11.9. The van der Waals surface area contributed by atoms with Crippen LogP contribution in [0, 0.1) is 5.92 Å². The summed E-state index contributed by atoms with van der Waals surface area (Å²) >= 11 is 3.38. The predicted molar refractivity (Wildman–Crippen MR) is 70.2 cm³/mol. The van der Waals surface area contributed by atoms with E-state index in [0.717, 1.165) is 28.2 Å². The highest BCUT2D eigenvalue weighted by molar-refractivity contribution is 9.10. The van der Waals surface area contributed by atoms with Crippen molar-refractivity contribution < 1.29 is 4.74 Å². The molecule has 0 heterocycles. The molecule has 0 amide bonds. The average Bonchev–Trinajstić information content (AvgIpc) is 2.20. The number of ether oxygens (including phenoxy) is 1. The van der Waals surface area contributed by atoms with Gasteiger partial charge in [-0.25, -0.2) is 0 Å². The van der Waals surface area contributed by atoms with Crippen molar-refractivity contribution in [1.82, 2.24) is 0 Å². The Hall–Kier alpha value is -0.540. The van der Waals surface area contributed by atoms with Gasteiger partial charge in [-0.15, -0.1) is 0 Å². The molecule has 0 saturated heterocycles. The number of anilines is 1. The second-order valence-corrected chi connectivity index (χ2v) is 5.35. The highest BCUT2D eigenvalue weighted by Gasteiger charge is 2.16. The summed E-state index contributed by atoms with van der Waals surface area (Å²) in [6, 6.07) is 5.98. The van der Waals surface area contributed by atoms with Gasteiger partial charge in [0.15, 0.2) is 0 Å². The van der Waals surface area contributed by atoms with Gasteiger partial charge >= 0.3 is 0 Å². The van der Waals surface area contributed by atoms with Crippen LogP contribution in [0.4, 0.5) is 5.69 Å². The van der Waals surface area contributed by atoms with Crippen molar-refractivity contribution in [3.8, 4) is 0 Å². The summed E-state index contributed by atoms with van der Waals surface area (Å²) < 4.78 is 6.60. The van der Waals surface area contributed by atoms with E-state index in [1.807, 2.05) is 18.2 Å². The van der Waals surface area contributed by atoms with Gasteiger partial charge in [0, 0.05) is 16.8 Å². The molecule has 1 saturated carbocycles. The van der Waals surface area contributed by atoms with E-state index in [-0.39, 0.29) is 0 Å². The van der Waals surface area contributed by atoms with E-state index in [2.05, 4.69) is 15.9 Å². The molecule has 1 aliphatic rings. The van der Waals surface area contributed by atoms with Gasteiger partial charge in [0.1, 0.15) is 0 Å². The molecule has 2 N–H and O–H groups in total. The maximum atomic E-state index is 5.80. The van der Waals surface area contributed by atoms with Crippen LogP contribution in [0.3, 0.4) is 0 Å². The maximum absolute atomic E-state index is 5.80. The molecule has 0 unspecified atom stereocenters. The molecule has 88 valence electrons. The highest BCUT2D eigenvalue weighted by atomic mass is 79.9. The van der Waals surface area contributed by atoms with Crippen molar-refractivity contribution in [2.24, 2.45) is 5.92 Å². The SMILES string of the molecule is Nc1cc(COCCC2CCC2)ccc1Br. The van der Waals surface area contributed by atoms with Crippen molar-refractivity contribution in [2.45, 2.75) is 32.3 Å². The molecular weight excluding hydrogens is 266 g/mol. The van der Waals surface area contributed by atoms with Crippen molar-refractivity contribution in [2.75, 3.05) is 12.3 Å². The first-order valence-corrected chi connectivity index (χ1v) is 6.66. The molecule has 0 radical (unpaired) electrons. The third kappa shape index (κ3) is 3.22. The summed E-state index contributed by atoms with van der Waals surface area (Å²) in [4.78, 5) is 0. The largest absolute Gasteiger partial charge is 0.398 e. The molecule has 1 aliphatic carbocycles. The molecule has 16 heavy (non-hydrogen) atoms. The number of nitrogens with two attached hydrogens (primary N) is 1. The van der Waals surface area contributed by atoms with Gasteiger partial charge in [0.2, 0.25) is 0 Å². The van der Waals surface area contributed by atoms with E-state index in [1.54, 1.807) is 0 Å². The van der Waals surface area contributed by atoms with Gasteiger partial charge in [0.05, 0.1) is 6.61 Å². The topological polar surface area (TPSA) is 35.2 Å². The van der Waals surface area contributed by atoms with Crippen LogP contribution in [0.2, 0.25) is 0 Å². The summed E-state index contributed by atoms with van der Waals surface area (Å²) in [5.74, 6) is 0.926. The van der Waals surface area contributed by atoms with Crippen molar-refractivity contribution in [3.63, 3.8) is 0 Å². The Morgan fingerprint density at radius 1 is 1.38 bits per heavy atom. The minimum atomic E-state index is 0.671. The van der Waals surface area contributed by atoms with Crippen LogP contribution in [0.1, 0.15) is 31.2 Å². The number of nitrogen functional groups attached to an aromatic ring is 1. The lowest BCUT2D eigenvalue weighted by Gasteiger charge is -2.24. The average molecular weight is 284 g/mol. The molecule has 0 aliphatic heterocycles. The molecule has 0 bridgehead atoms. The Morgan fingerprint density at radius 2 is 2.19 bits per heavy atom. The summed E-state index contributed by atoms with van der Waals surface area (Å²) in [7, 11) is 0. The van der Waals surface area contributed by atoms with E-state index < -0.39 is 0 Å². The first-order chi connectivity index (χ1) is 7.75. The van der Waals surface area contributed by atoms with Crippen LogP contribution in [-0.4, -0.2) is 6.61 Å². The van der Waals surface area contributed by atoms with Crippen LogP contribution in [0.15, 0.2) is 22.7 Å². The maximum Gasteiger partial charge on any atom is 0.0717 e. The van der Waals surface area contributed by atoms with Crippen molar-refractivity contribution in [3.05, 3.63) is 28.2 Å². The third-order valence-electron chi connectivity index (χ3n) is 3.22. The third-order valence-corrected chi connectivity index (χ3v) is 3.95. The van der Waals surface area contributed by atoms with E-state index in [0.29, 0.717) is 6.61 Å². The molecule has 0 spiro atoms. The van der Waals surface area contributed by atoms with Gasteiger partial charge in [-0.05, 0) is 46.0 Å². The van der Waals surface area contributed by atoms with E-state index in [9.17, 15) is 0 Å². The Labute approximate surface area is 105 Å². The smallest absolute Gasteiger partial charge is 0.0717 e. The van der Waals surface area contributed by atoms with Gasteiger partial charge in [-0.2, -0.15) is 0 Å². The molecule has 1 aromatic rings. The molecule has 0 aromatic heterocycles. The minimum Gasteiger partial charge on any atom is -0.398 e. The van der Waals surface area contributed by atoms with Gasteiger partial charge < -0.3 is 10.5 Å².